The summed E-state index contributed by atoms with van der Waals surface area (Å²) in [4.78, 5) is 8.58. The first-order valence-electron chi connectivity index (χ1n) is 6.51. The molecule has 2 heterocycles. The van der Waals surface area contributed by atoms with Gasteiger partial charge in [-0.3, -0.25) is 0 Å². The maximum Gasteiger partial charge on any atom is 0.246 e. The number of anilines is 1. The number of hydrogen-bond donors (Lipinski definition) is 1. The average Bonchev–Trinajstić information content (AvgIpc) is 2.85. The molecule has 0 bridgehead atoms. The first kappa shape index (κ1) is 15.9. The highest BCUT2D eigenvalue weighted by atomic mass is 32.2. The van der Waals surface area contributed by atoms with Crippen molar-refractivity contribution in [3.8, 4) is 0 Å². The van der Waals surface area contributed by atoms with E-state index in [1.54, 1.807) is 25.4 Å². The Bertz CT molecular complexity index is 712. The normalized spacial score (nSPS) is 11.8. The fourth-order valence-corrected chi connectivity index (χ4v) is 3.72. The molecule has 6 nitrogen and oxygen atoms in total. The van der Waals surface area contributed by atoms with Crippen LogP contribution in [0.3, 0.4) is 0 Å². The second-order valence-corrected chi connectivity index (χ2v) is 7.57. The predicted molar refractivity (Wildman–Crippen MR) is 83.9 cm³/mol. The van der Waals surface area contributed by atoms with Crippen molar-refractivity contribution < 1.29 is 8.42 Å². The third-order valence-corrected chi connectivity index (χ3v) is 5.51. The summed E-state index contributed by atoms with van der Waals surface area (Å²) in [5.41, 5.74) is 0.748. The molecule has 0 atom stereocenters. The van der Waals surface area contributed by atoms with Gasteiger partial charge in [-0.2, -0.15) is 4.31 Å². The molecule has 0 aliphatic heterocycles. The van der Waals surface area contributed by atoms with Gasteiger partial charge in [-0.1, -0.05) is 0 Å². The smallest absolute Gasteiger partial charge is 0.246 e. The monoisotopic (exact) mass is 326 g/mol. The molecule has 0 aromatic carbocycles. The number of aromatic nitrogens is 2. The molecule has 2 aromatic rings. The van der Waals surface area contributed by atoms with Gasteiger partial charge in [0.2, 0.25) is 10.0 Å². The van der Waals surface area contributed by atoms with E-state index < -0.39 is 10.0 Å². The lowest BCUT2D eigenvalue weighted by Crippen LogP contribution is -2.27. The van der Waals surface area contributed by atoms with Crippen LogP contribution in [-0.4, -0.2) is 36.3 Å². The Morgan fingerprint density at radius 2 is 2.19 bits per heavy atom. The summed E-state index contributed by atoms with van der Waals surface area (Å²) in [6.45, 7) is 4.64. The van der Waals surface area contributed by atoms with Crippen molar-refractivity contribution in [1.82, 2.24) is 14.3 Å². The van der Waals surface area contributed by atoms with Crippen LogP contribution in [0.25, 0.3) is 0 Å². The number of hydrogen-bond acceptors (Lipinski definition) is 6. The summed E-state index contributed by atoms with van der Waals surface area (Å²) in [5.74, 6) is 0.376. The molecule has 0 aliphatic carbocycles. The Morgan fingerprint density at radius 3 is 2.81 bits per heavy atom. The van der Waals surface area contributed by atoms with E-state index in [2.05, 4.69) is 15.3 Å². The standard InChI is InChI=1S/C13H18N4O2S2/c1-4-14-13-12(6-5-7-15-13)21(18,19)17(3)8-11-9-20-10(2)16-11/h5-7,9H,4,8H2,1-3H3,(H,14,15). The number of rotatable bonds is 6. The molecule has 114 valence electrons. The topological polar surface area (TPSA) is 75.2 Å². The molecular formula is C13H18N4O2S2. The van der Waals surface area contributed by atoms with Gasteiger partial charge in [-0.05, 0) is 26.0 Å². The van der Waals surface area contributed by atoms with E-state index in [0.717, 1.165) is 10.7 Å². The molecule has 0 saturated heterocycles. The van der Waals surface area contributed by atoms with Gasteiger partial charge >= 0.3 is 0 Å². The molecule has 21 heavy (non-hydrogen) atoms. The minimum Gasteiger partial charge on any atom is -0.369 e. The Morgan fingerprint density at radius 1 is 1.43 bits per heavy atom. The van der Waals surface area contributed by atoms with E-state index in [4.69, 9.17) is 0 Å². The van der Waals surface area contributed by atoms with Crippen molar-refractivity contribution in [3.63, 3.8) is 0 Å². The molecular weight excluding hydrogens is 308 g/mol. The zero-order valence-electron chi connectivity index (χ0n) is 12.2. The van der Waals surface area contributed by atoms with Gasteiger partial charge in [0, 0.05) is 25.2 Å². The maximum absolute atomic E-state index is 12.7. The zero-order chi connectivity index (χ0) is 15.5. The molecule has 0 amide bonds. The lowest BCUT2D eigenvalue weighted by molar-refractivity contribution is 0.463. The van der Waals surface area contributed by atoms with Gasteiger partial charge in [0.25, 0.3) is 0 Å². The van der Waals surface area contributed by atoms with Gasteiger partial charge in [0.05, 0.1) is 17.2 Å². The van der Waals surface area contributed by atoms with Crippen LogP contribution in [0, 0.1) is 6.92 Å². The first-order valence-corrected chi connectivity index (χ1v) is 8.83. The van der Waals surface area contributed by atoms with E-state index in [9.17, 15) is 8.42 Å². The van der Waals surface area contributed by atoms with Crippen LogP contribution in [0.1, 0.15) is 17.6 Å². The Hall–Kier alpha value is -1.51. The fraction of sp³-hybridized carbons (Fsp3) is 0.385. The van der Waals surface area contributed by atoms with E-state index in [-0.39, 0.29) is 11.4 Å². The molecule has 0 spiro atoms. The second kappa shape index (κ2) is 6.50. The minimum absolute atomic E-state index is 0.182. The molecule has 2 rings (SSSR count). The van der Waals surface area contributed by atoms with Crippen LogP contribution in [0.4, 0.5) is 5.82 Å². The van der Waals surface area contributed by atoms with Crippen LogP contribution in [0.5, 0.6) is 0 Å². The highest BCUT2D eigenvalue weighted by Crippen LogP contribution is 2.23. The quantitative estimate of drug-likeness (QED) is 0.880. The zero-order valence-corrected chi connectivity index (χ0v) is 13.8. The average molecular weight is 326 g/mol. The Labute approximate surface area is 128 Å². The number of sulfonamides is 1. The SMILES string of the molecule is CCNc1ncccc1S(=O)(=O)N(C)Cc1csc(C)n1. The third-order valence-electron chi connectivity index (χ3n) is 2.85. The van der Waals surface area contributed by atoms with Crippen molar-refractivity contribution in [3.05, 3.63) is 34.4 Å². The molecule has 1 N–H and O–H groups in total. The molecule has 0 saturated carbocycles. The summed E-state index contributed by atoms with van der Waals surface area (Å²) in [5, 5.41) is 5.77. The van der Waals surface area contributed by atoms with Crippen molar-refractivity contribution in [2.75, 3.05) is 18.9 Å². The van der Waals surface area contributed by atoms with Crippen LogP contribution in [-0.2, 0) is 16.6 Å². The number of nitrogens with zero attached hydrogens (tertiary/aromatic N) is 3. The van der Waals surface area contributed by atoms with Crippen molar-refractivity contribution in [2.24, 2.45) is 0 Å². The molecule has 2 aromatic heterocycles. The first-order chi connectivity index (χ1) is 9.95. The third kappa shape index (κ3) is 3.58. The molecule has 0 fully saturated rings. The summed E-state index contributed by atoms with van der Waals surface area (Å²) >= 11 is 1.51. The highest BCUT2D eigenvalue weighted by molar-refractivity contribution is 7.89. The minimum atomic E-state index is -3.61. The Balaban J connectivity index is 2.28. The van der Waals surface area contributed by atoms with Gasteiger partial charge in [-0.25, -0.2) is 18.4 Å². The van der Waals surface area contributed by atoms with Crippen molar-refractivity contribution in [1.29, 1.82) is 0 Å². The summed E-state index contributed by atoms with van der Waals surface area (Å²) in [7, 11) is -2.06. The molecule has 0 aliphatic rings. The number of nitrogens with one attached hydrogen (secondary N) is 1. The van der Waals surface area contributed by atoms with E-state index >= 15 is 0 Å². The van der Waals surface area contributed by atoms with Crippen molar-refractivity contribution >= 4 is 27.2 Å². The largest absolute Gasteiger partial charge is 0.369 e. The maximum atomic E-state index is 12.7. The van der Waals surface area contributed by atoms with Gasteiger partial charge in [0.15, 0.2) is 0 Å². The Kier molecular flexibility index (Phi) is 4.92. The van der Waals surface area contributed by atoms with Crippen molar-refractivity contribution in [2.45, 2.75) is 25.3 Å². The summed E-state index contributed by atoms with van der Waals surface area (Å²) < 4.78 is 26.6. The van der Waals surface area contributed by atoms with E-state index in [1.807, 2.05) is 19.2 Å². The van der Waals surface area contributed by atoms with Crippen LogP contribution >= 0.6 is 11.3 Å². The molecule has 0 radical (unpaired) electrons. The molecule has 8 heteroatoms. The number of aryl methyl sites for hydroxylation is 1. The number of thiazole rings is 1. The lowest BCUT2D eigenvalue weighted by atomic mass is 10.4. The van der Waals surface area contributed by atoms with Crippen LogP contribution < -0.4 is 5.32 Å². The summed E-state index contributed by atoms with van der Waals surface area (Å²) in [6.07, 6.45) is 1.57. The highest BCUT2D eigenvalue weighted by Gasteiger charge is 2.25. The lowest BCUT2D eigenvalue weighted by Gasteiger charge is -2.18. The van der Waals surface area contributed by atoms with Gasteiger partial charge in [-0.15, -0.1) is 11.3 Å². The fourth-order valence-electron chi connectivity index (χ4n) is 1.86. The number of pyridine rings is 1. The predicted octanol–water partition coefficient (Wildman–Crippen LogP) is 2.10. The van der Waals surface area contributed by atoms with Crippen LogP contribution in [0.15, 0.2) is 28.6 Å². The van der Waals surface area contributed by atoms with Gasteiger partial charge in [0.1, 0.15) is 10.7 Å². The molecule has 0 unspecified atom stereocenters. The van der Waals surface area contributed by atoms with E-state index in [1.165, 1.54) is 15.6 Å². The summed E-state index contributed by atoms with van der Waals surface area (Å²) in [6, 6.07) is 3.18. The second-order valence-electron chi connectivity index (χ2n) is 4.50. The van der Waals surface area contributed by atoms with E-state index in [0.29, 0.717) is 12.4 Å². The van der Waals surface area contributed by atoms with Crippen LogP contribution in [0.2, 0.25) is 0 Å². The van der Waals surface area contributed by atoms with Gasteiger partial charge < -0.3 is 5.32 Å².